The number of nitrogens with zero attached hydrogens (tertiary/aromatic N) is 1. The number of fused-ring (bicyclic) bond motifs is 2. The molecule has 2 fully saturated rings. The normalized spacial score (nSPS) is 30.5. The molecule has 19 heavy (non-hydrogen) atoms. The number of rotatable bonds is 3. The van der Waals surface area contributed by atoms with E-state index in [0.29, 0.717) is 0 Å². The molecule has 0 radical (unpaired) electrons. The highest BCUT2D eigenvalue weighted by Gasteiger charge is 2.36. The van der Waals surface area contributed by atoms with Gasteiger partial charge in [-0.25, -0.2) is 4.18 Å². The molecule has 5 heteroatoms. The molecule has 1 aromatic carbocycles. The van der Waals surface area contributed by atoms with Gasteiger partial charge >= 0.3 is 0 Å². The minimum Gasteiger partial charge on any atom is -0.277 e. The smallest absolute Gasteiger partial charge is 0.277 e. The highest BCUT2D eigenvalue weighted by atomic mass is 32.2. The van der Waals surface area contributed by atoms with Crippen LogP contribution in [0.3, 0.4) is 0 Å². The lowest BCUT2D eigenvalue weighted by atomic mass is 10.0. The molecule has 0 amide bonds. The van der Waals surface area contributed by atoms with E-state index in [1.807, 2.05) is 6.92 Å². The fraction of sp³-hybridized carbons (Fsp3) is 0.571. The van der Waals surface area contributed by atoms with Crippen LogP contribution in [0.4, 0.5) is 0 Å². The number of hydrogen-bond donors (Lipinski definition) is 0. The summed E-state index contributed by atoms with van der Waals surface area (Å²) in [6, 6.07) is 6.81. The van der Waals surface area contributed by atoms with Gasteiger partial charge in [-0.15, -0.1) is 0 Å². The second-order valence-electron chi connectivity index (χ2n) is 5.55. The van der Waals surface area contributed by atoms with E-state index in [1.165, 1.54) is 6.42 Å². The summed E-state index contributed by atoms with van der Waals surface area (Å²) in [4.78, 5) is 2.40. The van der Waals surface area contributed by atoms with Gasteiger partial charge < -0.3 is 0 Å². The Morgan fingerprint density at radius 1 is 1.16 bits per heavy atom. The van der Waals surface area contributed by atoms with Gasteiger partial charge in [0.05, 0.1) is 4.90 Å². The third-order valence-electron chi connectivity index (χ3n) is 4.09. The Morgan fingerprint density at radius 2 is 1.89 bits per heavy atom. The van der Waals surface area contributed by atoms with Crippen LogP contribution in [0.1, 0.15) is 24.8 Å². The molecule has 0 saturated carbocycles. The maximum Gasteiger partial charge on any atom is 0.298 e. The Morgan fingerprint density at radius 3 is 2.63 bits per heavy atom. The summed E-state index contributed by atoms with van der Waals surface area (Å²) in [7, 11) is -3.64. The van der Waals surface area contributed by atoms with Crippen LogP contribution >= 0.6 is 0 Å². The van der Waals surface area contributed by atoms with Gasteiger partial charge in [0.25, 0.3) is 10.1 Å². The molecule has 2 saturated heterocycles. The molecule has 0 aliphatic carbocycles. The van der Waals surface area contributed by atoms with E-state index in [4.69, 9.17) is 4.18 Å². The highest BCUT2D eigenvalue weighted by Crippen LogP contribution is 2.32. The zero-order chi connectivity index (χ0) is 13.5. The van der Waals surface area contributed by atoms with Crippen LogP contribution in [0.5, 0.6) is 0 Å². The lowest BCUT2D eigenvalue weighted by molar-refractivity contribution is 0.0182. The first-order valence-corrected chi connectivity index (χ1v) is 8.19. The summed E-state index contributed by atoms with van der Waals surface area (Å²) >= 11 is 0. The molecule has 4 nitrogen and oxygen atoms in total. The minimum atomic E-state index is -3.64. The van der Waals surface area contributed by atoms with Crippen LogP contribution in [0.25, 0.3) is 0 Å². The SMILES string of the molecule is Cc1ccc(S(=O)(=O)OC2CCC3CCN2C3)cc1. The Hall–Kier alpha value is -0.910. The van der Waals surface area contributed by atoms with Gasteiger partial charge in [0.2, 0.25) is 0 Å². The quantitative estimate of drug-likeness (QED) is 0.796. The van der Waals surface area contributed by atoms with Crippen molar-refractivity contribution in [1.29, 1.82) is 0 Å². The lowest BCUT2D eigenvalue weighted by Crippen LogP contribution is -2.40. The topological polar surface area (TPSA) is 46.6 Å². The van der Waals surface area contributed by atoms with Crippen LogP contribution in [0.2, 0.25) is 0 Å². The predicted octanol–water partition coefficient (Wildman–Crippen LogP) is 2.14. The second kappa shape index (κ2) is 4.89. The van der Waals surface area contributed by atoms with Crippen LogP contribution in [-0.4, -0.2) is 32.6 Å². The Bertz CT molecular complexity index is 553. The fourth-order valence-electron chi connectivity index (χ4n) is 2.94. The first-order valence-electron chi connectivity index (χ1n) is 6.78. The molecule has 2 aliphatic rings. The van der Waals surface area contributed by atoms with E-state index in [1.54, 1.807) is 24.3 Å². The molecule has 3 rings (SSSR count). The van der Waals surface area contributed by atoms with Crippen molar-refractivity contribution in [3.05, 3.63) is 29.8 Å². The molecular formula is C14H19NO3S. The summed E-state index contributed by atoms with van der Waals surface area (Å²) in [6.45, 7) is 3.87. The first-order chi connectivity index (χ1) is 9.04. The van der Waals surface area contributed by atoms with E-state index in [-0.39, 0.29) is 11.1 Å². The largest absolute Gasteiger partial charge is 0.298 e. The van der Waals surface area contributed by atoms with Crippen molar-refractivity contribution in [2.75, 3.05) is 13.1 Å². The van der Waals surface area contributed by atoms with Gasteiger partial charge in [-0.3, -0.25) is 4.90 Å². The van der Waals surface area contributed by atoms with Crippen LogP contribution in [0.15, 0.2) is 29.2 Å². The molecule has 1 aromatic rings. The molecule has 0 aromatic heterocycles. The van der Waals surface area contributed by atoms with Crippen molar-refractivity contribution in [2.45, 2.75) is 37.3 Å². The second-order valence-corrected chi connectivity index (χ2v) is 7.12. The Balaban J connectivity index is 1.76. The van der Waals surface area contributed by atoms with Crippen molar-refractivity contribution in [1.82, 2.24) is 4.90 Å². The van der Waals surface area contributed by atoms with Crippen molar-refractivity contribution in [2.24, 2.45) is 5.92 Å². The van der Waals surface area contributed by atoms with Gasteiger partial charge in [-0.1, -0.05) is 17.7 Å². The van der Waals surface area contributed by atoms with Gasteiger partial charge in [0.15, 0.2) is 0 Å². The first kappa shape index (κ1) is 13.1. The molecule has 2 aliphatic heterocycles. The van der Waals surface area contributed by atoms with E-state index >= 15 is 0 Å². The summed E-state index contributed by atoms with van der Waals surface area (Å²) < 4.78 is 29.9. The number of piperidine rings is 1. The summed E-state index contributed by atoms with van der Waals surface area (Å²) in [5, 5.41) is 0. The van der Waals surface area contributed by atoms with Crippen molar-refractivity contribution in [3.8, 4) is 0 Å². The average molecular weight is 281 g/mol. The van der Waals surface area contributed by atoms with Crippen molar-refractivity contribution >= 4 is 10.1 Å². The molecular weight excluding hydrogens is 262 g/mol. The number of aryl methyl sites for hydroxylation is 1. The fourth-order valence-corrected chi connectivity index (χ4v) is 4.03. The van der Waals surface area contributed by atoms with Gasteiger partial charge in [0.1, 0.15) is 6.23 Å². The zero-order valence-corrected chi connectivity index (χ0v) is 11.9. The molecule has 3 atom stereocenters. The maximum absolute atomic E-state index is 12.2. The standard InChI is InChI=1S/C14H19NO3S/c1-11-2-5-13(6-3-11)19(16,17)18-14-7-4-12-8-9-15(14)10-12/h2-3,5-6,12,14H,4,7-10H2,1H3. The van der Waals surface area contributed by atoms with E-state index in [9.17, 15) is 8.42 Å². The molecule has 0 spiro atoms. The van der Waals surface area contributed by atoms with Crippen molar-refractivity contribution < 1.29 is 12.6 Å². The summed E-state index contributed by atoms with van der Waals surface area (Å²) in [5.74, 6) is 0.738. The van der Waals surface area contributed by atoms with E-state index < -0.39 is 10.1 Å². The number of benzene rings is 1. The Labute approximate surface area is 114 Å². The van der Waals surface area contributed by atoms with Crippen LogP contribution < -0.4 is 0 Å². The maximum atomic E-state index is 12.2. The summed E-state index contributed by atoms with van der Waals surface area (Å²) in [5.41, 5.74) is 1.04. The zero-order valence-electron chi connectivity index (χ0n) is 11.1. The Kier molecular flexibility index (Phi) is 3.37. The minimum absolute atomic E-state index is 0.249. The van der Waals surface area contributed by atoms with Gasteiger partial charge in [-0.2, -0.15) is 8.42 Å². The monoisotopic (exact) mass is 281 g/mol. The molecule has 0 N–H and O–H groups in total. The third kappa shape index (κ3) is 2.68. The highest BCUT2D eigenvalue weighted by molar-refractivity contribution is 7.86. The predicted molar refractivity (Wildman–Crippen MR) is 72.2 cm³/mol. The summed E-state index contributed by atoms with van der Waals surface area (Å²) in [6.07, 6.45) is 2.79. The number of hydrogen-bond acceptors (Lipinski definition) is 4. The van der Waals surface area contributed by atoms with E-state index in [0.717, 1.165) is 37.4 Å². The average Bonchev–Trinajstić information content (AvgIpc) is 2.76. The van der Waals surface area contributed by atoms with Crippen LogP contribution in [-0.2, 0) is 14.3 Å². The van der Waals surface area contributed by atoms with Crippen LogP contribution in [0, 0.1) is 12.8 Å². The molecule has 3 unspecified atom stereocenters. The van der Waals surface area contributed by atoms with Gasteiger partial charge in [-0.05, 0) is 44.2 Å². The van der Waals surface area contributed by atoms with E-state index in [2.05, 4.69) is 4.90 Å². The molecule has 2 heterocycles. The third-order valence-corrected chi connectivity index (χ3v) is 5.42. The molecule has 2 bridgehead atoms. The van der Waals surface area contributed by atoms with Gasteiger partial charge in [0, 0.05) is 13.1 Å². The lowest BCUT2D eigenvalue weighted by Gasteiger charge is -2.31. The van der Waals surface area contributed by atoms with Crippen molar-refractivity contribution in [3.63, 3.8) is 0 Å². The molecule has 104 valence electrons.